The number of esters is 2. The van der Waals surface area contributed by atoms with Crippen molar-refractivity contribution < 1.29 is 44.3 Å². The standard InChI is InChI=1S/C27H52O10S2/c1-24(2,3)36-22(28)14-11-16-26(7,8)20-34-38(30,31)18-13-19-39(32,33)35-21-27(9,10)17-12-15-23(29)37-25(4,5)6/h11-21H2,1-10H3. The first-order chi connectivity index (χ1) is 17.3. The fraction of sp³-hybridized carbons (Fsp3) is 0.926. The molecule has 0 aromatic carbocycles. The lowest BCUT2D eigenvalue weighted by Gasteiger charge is -2.25. The third-order valence-corrected chi connectivity index (χ3v) is 7.89. The molecule has 0 rings (SSSR count). The summed E-state index contributed by atoms with van der Waals surface area (Å²) in [6.07, 6.45) is 2.45. The molecule has 0 spiro atoms. The van der Waals surface area contributed by atoms with E-state index >= 15 is 0 Å². The van der Waals surface area contributed by atoms with Gasteiger partial charge < -0.3 is 9.47 Å². The van der Waals surface area contributed by atoms with Gasteiger partial charge in [-0.3, -0.25) is 18.0 Å². The first-order valence-electron chi connectivity index (χ1n) is 13.5. The van der Waals surface area contributed by atoms with Gasteiger partial charge in [0.1, 0.15) is 11.2 Å². The quantitative estimate of drug-likeness (QED) is 0.153. The number of hydrogen-bond donors (Lipinski definition) is 0. The van der Waals surface area contributed by atoms with E-state index in [-0.39, 0.29) is 44.4 Å². The van der Waals surface area contributed by atoms with Crippen LogP contribution in [0.4, 0.5) is 0 Å². The van der Waals surface area contributed by atoms with Crippen molar-refractivity contribution in [2.45, 2.75) is 125 Å². The Bertz CT molecular complexity index is 903. The van der Waals surface area contributed by atoms with E-state index in [9.17, 15) is 26.4 Å². The third-order valence-electron chi connectivity index (χ3n) is 5.36. The minimum absolute atomic E-state index is 0.0790. The third kappa shape index (κ3) is 22.2. The summed E-state index contributed by atoms with van der Waals surface area (Å²) in [6, 6.07) is 0. The van der Waals surface area contributed by atoms with Gasteiger partial charge >= 0.3 is 11.9 Å². The molecular weight excluding hydrogens is 548 g/mol. The molecule has 39 heavy (non-hydrogen) atoms. The zero-order valence-corrected chi connectivity index (χ0v) is 27.3. The Morgan fingerprint density at radius 1 is 0.538 bits per heavy atom. The van der Waals surface area contributed by atoms with E-state index < -0.39 is 53.8 Å². The Kier molecular flexibility index (Phi) is 14.6. The number of hydrogen-bond acceptors (Lipinski definition) is 10. The summed E-state index contributed by atoms with van der Waals surface area (Å²) in [5, 5.41) is 0. The average molecular weight is 601 g/mol. The normalized spacial score (nSPS) is 13.8. The molecule has 0 saturated carbocycles. The molecule has 0 unspecified atom stereocenters. The van der Waals surface area contributed by atoms with Crippen LogP contribution in [0.25, 0.3) is 0 Å². The van der Waals surface area contributed by atoms with Gasteiger partial charge in [-0.15, -0.1) is 0 Å². The Balaban J connectivity index is 4.44. The minimum atomic E-state index is -3.93. The zero-order valence-electron chi connectivity index (χ0n) is 25.7. The summed E-state index contributed by atoms with van der Waals surface area (Å²) in [6.45, 7) is 18.0. The molecule has 0 aliphatic carbocycles. The molecule has 0 saturated heterocycles. The van der Waals surface area contributed by atoms with Crippen molar-refractivity contribution in [1.82, 2.24) is 0 Å². The molecule has 0 aromatic heterocycles. The van der Waals surface area contributed by atoms with Gasteiger partial charge in [-0.1, -0.05) is 27.7 Å². The maximum absolute atomic E-state index is 12.3. The van der Waals surface area contributed by atoms with Crippen molar-refractivity contribution in [2.75, 3.05) is 24.7 Å². The lowest BCUT2D eigenvalue weighted by molar-refractivity contribution is -0.156. The van der Waals surface area contributed by atoms with Crippen LogP contribution in [-0.4, -0.2) is 64.7 Å². The molecule has 0 atom stereocenters. The van der Waals surface area contributed by atoms with Gasteiger partial charge in [-0.2, -0.15) is 16.8 Å². The Morgan fingerprint density at radius 3 is 1.13 bits per heavy atom. The Labute approximate surface area is 237 Å². The number of rotatable bonds is 18. The Morgan fingerprint density at radius 2 is 0.846 bits per heavy atom. The molecule has 0 aliphatic rings. The molecule has 0 aromatic rings. The highest BCUT2D eigenvalue weighted by Gasteiger charge is 2.26. The maximum Gasteiger partial charge on any atom is 0.306 e. The predicted molar refractivity (Wildman–Crippen MR) is 151 cm³/mol. The summed E-state index contributed by atoms with van der Waals surface area (Å²) >= 11 is 0. The van der Waals surface area contributed by atoms with Crippen molar-refractivity contribution in [2.24, 2.45) is 10.8 Å². The van der Waals surface area contributed by atoms with Crippen LogP contribution in [0, 0.1) is 10.8 Å². The molecule has 10 nitrogen and oxygen atoms in total. The lowest BCUT2D eigenvalue weighted by Crippen LogP contribution is -2.26. The number of ether oxygens (including phenoxy) is 2. The largest absolute Gasteiger partial charge is 0.460 e. The first-order valence-corrected chi connectivity index (χ1v) is 16.7. The van der Waals surface area contributed by atoms with Gasteiger partial charge in [0.05, 0.1) is 24.7 Å². The van der Waals surface area contributed by atoms with Crippen LogP contribution in [0.1, 0.15) is 114 Å². The highest BCUT2D eigenvalue weighted by molar-refractivity contribution is 7.87. The fourth-order valence-electron chi connectivity index (χ4n) is 3.38. The van der Waals surface area contributed by atoms with Crippen molar-refractivity contribution in [3.63, 3.8) is 0 Å². The maximum atomic E-state index is 12.3. The van der Waals surface area contributed by atoms with E-state index in [2.05, 4.69) is 0 Å². The number of carbonyl (C=O) groups excluding carboxylic acids is 2. The van der Waals surface area contributed by atoms with Crippen LogP contribution in [0.5, 0.6) is 0 Å². The topological polar surface area (TPSA) is 139 Å². The van der Waals surface area contributed by atoms with Crippen LogP contribution in [0.3, 0.4) is 0 Å². The highest BCUT2D eigenvalue weighted by Crippen LogP contribution is 2.26. The van der Waals surface area contributed by atoms with E-state index in [1.165, 1.54) is 0 Å². The Hall–Kier alpha value is -1.24. The van der Waals surface area contributed by atoms with Crippen molar-refractivity contribution in [3.05, 3.63) is 0 Å². The molecule has 0 N–H and O–H groups in total. The second-order valence-electron chi connectivity index (χ2n) is 13.6. The summed E-state index contributed by atoms with van der Waals surface area (Å²) in [5.41, 5.74) is -2.11. The van der Waals surface area contributed by atoms with E-state index in [0.29, 0.717) is 25.7 Å². The van der Waals surface area contributed by atoms with E-state index in [1.807, 2.05) is 27.7 Å². The van der Waals surface area contributed by atoms with Gasteiger partial charge in [0.2, 0.25) is 0 Å². The second-order valence-corrected chi connectivity index (χ2v) is 17.1. The molecule has 0 fully saturated rings. The highest BCUT2D eigenvalue weighted by atomic mass is 32.2. The van der Waals surface area contributed by atoms with Gasteiger partial charge in [-0.05, 0) is 84.5 Å². The van der Waals surface area contributed by atoms with Gasteiger partial charge in [0, 0.05) is 12.8 Å². The van der Waals surface area contributed by atoms with Crippen LogP contribution in [0.2, 0.25) is 0 Å². The van der Waals surface area contributed by atoms with Crippen molar-refractivity contribution in [3.8, 4) is 0 Å². The van der Waals surface area contributed by atoms with E-state index in [4.69, 9.17) is 17.8 Å². The summed E-state index contributed by atoms with van der Waals surface area (Å²) < 4.78 is 70.1. The number of carbonyl (C=O) groups is 2. The molecule has 0 radical (unpaired) electrons. The molecule has 0 amide bonds. The minimum Gasteiger partial charge on any atom is -0.460 e. The molecule has 12 heteroatoms. The van der Waals surface area contributed by atoms with Crippen molar-refractivity contribution in [1.29, 1.82) is 0 Å². The predicted octanol–water partition coefficient (Wildman–Crippen LogP) is 5.15. The average Bonchev–Trinajstić information content (AvgIpc) is 2.68. The van der Waals surface area contributed by atoms with Crippen LogP contribution >= 0.6 is 0 Å². The molecular formula is C27H52O10S2. The molecule has 0 aliphatic heterocycles. The monoisotopic (exact) mass is 600 g/mol. The van der Waals surface area contributed by atoms with Crippen LogP contribution < -0.4 is 0 Å². The lowest BCUT2D eigenvalue weighted by atomic mass is 9.88. The van der Waals surface area contributed by atoms with Gasteiger partial charge in [0.25, 0.3) is 20.2 Å². The first kappa shape index (κ1) is 37.8. The van der Waals surface area contributed by atoms with Gasteiger partial charge in [0.15, 0.2) is 0 Å². The van der Waals surface area contributed by atoms with Gasteiger partial charge in [-0.25, -0.2) is 0 Å². The SMILES string of the molecule is CC(C)(CCCC(=O)OC(C)(C)C)COS(=O)(=O)CCCS(=O)(=O)OCC(C)(C)CCCC(=O)OC(C)(C)C. The molecule has 232 valence electrons. The smallest absolute Gasteiger partial charge is 0.306 e. The summed E-state index contributed by atoms with van der Waals surface area (Å²) in [7, 11) is -7.87. The molecule has 0 bridgehead atoms. The van der Waals surface area contributed by atoms with Crippen molar-refractivity contribution >= 4 is 32.2 Å². The zero-order chi connectivity index (χ0) is 30.8. The van der Waals surface area contributed by atoms with E-state index in [1.54, 1.807) is 41.5 Å². The summed E-state index contributed by atoms with van der Waals surface area (Å²) in [4.78, 5) is 23.7. The summed E-state index contributed by atoms with van der Waals surface area (Å²) in [5.74, 6) is -1.52. The molecule has 0 heterocycles. The fourth-order valence-corrected chi connectivity index (χ4v) is 5.79. The van der Waals surface area contributed by atoms with Crippen LogP contribution in [-0.2, 0) is 47.7 Å². The van der Waals surface area contributed by atoms with E-state index in [0.717, 1.165) is 0 Å². The van der Waals surface area contributed by atoms with Crippen LogP contribution in [0.15, 0.2) is 0 Å². The second kappa shape index (κ2) is 15.1.